The zero-order chi connectivity index (χ0) is 26.2. The summed E-state index contributed by atoms with van der Waals surface area (Å²) in [5.74, 6) is 0.990. The third-order valence-electron chi connectivity index (χ3n) is 10.4. The molecular weight excluding hydrogens is 480 g/mol. The molecule has 0 nitrogen and oxygen atoms in total. The molecule has 194 valence electrons. The smallest absolute Gasteiger partial charge is 0.0143 e. The standard InChI is InChI=1S/C40H34/c1-3-12-25(13-4-1)38-30-18-9-10-19-31(30)39(26-14-5-2-6-15-26)37-24-34-33(23-36(37)38)32-21-11-20-29-28-17-8-7-16-27(28)22-35(34)40(29)32/h2,5-8,11-12,14-17,19-22,24,30,33H,1,3-4,9-10,13,18,23H2. The minimum absolute atomic E-state index is 0.444. The average Bonchev–Trinajstić information content (AvgIpc) is 3.33. The molecule has 0 radical (unpaired) electrons. The molecule has 0 aromatic heterocycles. The van der Waals surface area contributed by atoms with E-state index in [1.807, 2.05) is 0 Å². The number of allylic oxidation sites excluding steroid dienone is 10. The maximum atomic E-state index is 2.64. The van der Waals surface area contributed by atoms with E-state index in [2.05, 4.69) is 97.1 Å². The van der Waals surface area contributed by atoms with Crippen LogP contribution in [0.3, 0.4) is 0 Å². The second-order valence-electron chi connectivity index (χ2n) is 12.4. The quantitative estimate of drug-likeness (QED) is 0.233. The Kier molecular flexibility index (Phi) is 5.03. The van der Waals surface area contributed by atoms with Gasteiger partial charge in [-0.2, -0.15) is 0 Å². The summed E-state index contributed by atoms with van der Waals surface area (Å²) >= 11 is 0. The zero-order valence-corrected chi connectivity index (χ0v) is 23.0. The van der Waals surface area contributed by atoms with Crippen LogP contribution in [0.4, 0.5) is 0 Å². The first-order chi connectivity index (χ1) is 19.9. The van der Waals surface area contributed by atoms with Crippen LogP contribution in [0.15, 0.2) is 125 Å². The van der Waals surface area contributed by atoms with Crippen molar-refractivity contribution in [1.29, 1.82) is 0 Å². The highest BCUT2D eigenvalue weighted by molar-refractivity contribution is 6.17. The first kappa shape index (κ1) is 22.9. The molecule has 5 aliphatic rings. The molecule has 0 heteroatoms. The lowest BCUT2D eigenvalue weighted by Gasteiger charge is -2.41. The van der Waals surface area contributed by atoms with Crippen LogP contribution in [-0.4, -0.2) is 0 Å². The fourth-order valence-electron chi connectivity index (χ4n) is 8.74. The minimum Gasteiger partial charge on any atom is -0.0810 e. The second kappa shape index (κ2) is 8.80. The monoisotopic (exact) mass is 514 g/mol. The summed E-state index contributed by atoms with van der Waals surface area (Å²) in [6, 6.07) is 29.8. The van der Waals surface area contributed by atoms with E-state index in [0.29, 0.717) is 11.8 Å². The van der Waals surface area contributed by atoms with Gasteiger partial charge in [-0.05, 0) is 141 Å². The Labute approximate surface area is 237 Å². The average molecular weight is 515 g/mol. The Morgan fingerprint density at radius 1 is 0.675 bits per heavy atom. The molecular formula is C40H34. The molecule has 0 spiro atoms. The van der Waals surface area contributed by atoms with Gasteiger partial charge < -0.3 is 0 Å². The second-order valence-corrected chi connectivity index (χ2v) is 12.4. The summed E-state index contributed by atoms with van der Waals surface area (Å²) in [5, 5.41) is 5.65. The van der Waals surface area contributed by atoms with Crippen molar-refractivity contribution in [2.24, 2.45) is 5.92 Å². The van der Waals surface area contributed by atoms with Crippen LogP contribution in [0.2, 0.25) is 0 Å². The van der Waals surface area contributed by atoms with Gasteiger partial charge >= 0.3 is 0 Å². The highest BCUT2D eigenvalue weighted by Crippen LogP contribution is 2.59. The van der Waals surface area contributed by atoms with Crippen molar-refractivity contribution >= 4 is 32.7 Å². The molecule has 4 aromatic rings. The first-order valence-corrected chi connectivity index (χ1v) is 15.5. The molecule has 0 saturated carbocycles. The van der Waals surface area contributed by atoms with E-state index in [1.54, 1.807) is 27.9 Å². The van der Waals surface area contributed by atoms with Crippen molar-refractivity contribution < 1.29 is 0 Å². The van der Waals surface area contributed by atoms with Gasteiger partial charge in [0.25, 0.3) is 0 Å². The summed E-state index contributed by atoms with van der Waals surface area (Å²) in [6.07, 6.45) is 17.9. The normalized spacial score (nSPS) is 23.4. The van der Waals surface area contributed by atoms with E-state index in [-0.39, 0.29) is 0 Å². The zero-order valence-electron chi connectivity index (χ0n) is 23.0. The van der Waals surface area contributed by atoms with Gasteiger partial charge in [0.05, 0.1) is 0 Å². The molecule has 2 unspecified atom stereocenters. The molecule has 5 aliphatic carbocycles. The van der Waals surface area contributed by atoms with E-state index in [0.717, 1.165) is 6.42 Å². The topological polar surface area (TPSA) is 0 Å². The lowest BCUT2D eigenvalue weighted by Crippen LogP contribution is -2.24. The van der Waals surface area contributed by atoms with Crippen molar-refractivity contribution in [2.75, 3.05) is 0 Å². The van der Waals surface area contributed by atoms with Gasteiger partial charge in [-0.1, -0.05) is 84.9 Å². The van der Waals surface area contributed by atoms with Crippen LogP contribution >= 0.6 is 0 Å². The van der Waals surface area contributed by atoms with Crippen molar-refractivity contribution in [2.45, 2.75) is 57.3 Å². The molecule has 9 rings (SSSR count). The highest BCUT2D eigenvalue weighted by atomic mass is 14.4. The molecule has 0 bridgehead atoms. The molecule has 0 saturated heterocycles. The Morgan fingerprint density at radius 3 is 2.42 bits per heavy atom. The third-order valence-corrected chi connectivity index (χ3v) is 10.4. The first-order valence-electron chi connectivity index (χ1n) is 15.5. The number of rotatable bonds is 2. The Morgan fingerprint density at radius 2 is 1.52 bits per heavy atom. The van der Waals surface area contributed by atoms with Crippen molar-refractivity contribution in [3.63, 3.8) is 0 Å². The van der Waals surface area contributed by atoms with Crippen LogP contribution in [-0.2, 0) is 0 Å². The summed E-state index contributed by atoms with van der Waals surface area (Å²) in [4.78, 5) is 0. The SMILES string of the molecule is C1=C(C2=C3CC4C(=CC3=C(c3ccccc3)C3=CCCCC32)c2cc3ccccc3c3cccc4c23)CCCC1. The number of fused-ring (bicyclic) bond motifs is 7. The molecule has 0 N–H and O–H groups in total. The van der Waals surface area contributed by atoms with Crippen LogP contribution in [0, 0.1) is 5.92 Å². The lowest BCUT2D eigenvalue weighted by molar-refractivity contribution is 0.567. The summed E-state index contributed by atoms with van der Waals surface area (Å²) in [5.41, 5.74) is 15.6. The predicted octanol–water partition coefficient (Wildman–Crippen LogP) is 10.9. The molecule has 0 fully saturated rings. The molecule has 2 atom stereocenters. The molecule has 0 aliphatic heterocycles. The van der Waals surface area contributed by atoms with Gasteiger partial charge in [0.15, 0.2) is 0 Å². The van der Waals surface area contributed by atoms with Crippen LogP contribution in [0.5, 0.6) is 0 Å². The van der Waals surface area contributed by atoms with Crippen molar-refractivity contribution in [1.82, 2.24) is 0 Å². The Bertz CT molecular complexity index is 1880. The van der Waals surface area contributed by atoms with Gasteiger partial charge in [-0.15, -0.1) is 0 Å². The van der Waals surface area contributed by atoms with Crippen LogP contribution in [0.25, 0.3) is 32.7 Å². The third kappa shape index (κ3) is 3.20. The van der Waals surface area contributed by atoms with Gasteiger partial charge in [0.2, 0.25) is 0 Å². The van der Waals surface area contributed by atoms with Gasteiger partial charge in [-0.3, -0.25) is 0 Å². The molecule has 4 aromatic carbocycles. The lowest BCUT2D eigenvalue weighted by atomic mass is 9.63. The Hall–Kier alpha value is -3.90. The van der Waals surface area contributed by atoms with E-state index in [1.165, 1.54) is 94.3 Å². The summed E-state index contributed by atoms with van der Waals surface area (Å²) in [7, 11) is 0. The maximum absolute atomic E-state index is 2.64. The summed E-state index contributed by atoms with van der Waals surface area (Å²) < 4.78 is 0. The van der Waals surface area contributed by atoms with Gasteiger partial charge in [0, 0.05) is 11.8 Å². The van der Waals surface area contributed by atoms with E-state index < -0.39 is 0 Å². The fourth-order valence-corrected chi connectivity index (χ4v) is 8.74. The number of benzene rings is 4. The van der Waals surface area contributed by atoms with E-state index in [4.69, 9.17) is 0 Å². The predicted molar refractivity (Wildman–Crippen MR) is 169 cm³/mol. The van der Waals surface area contributed by atoms with Gasteiger partial charge in [-0.25, -0.2) is 0 Å². The van der Waals surface area contributed by atoms with Crippen molar-refractivity contribution in [3.8, 4) is 0 Å². The van der Waals surface area contributed by atoms with Crippen molar-refractivity contribution in [3.05, 3.63) is 142 Å². The minimum atomic E-state index is 0.444. The van der Waals surface area contributed by atoms with E-state index in [9.17, 15) is 0 Å². The molecule has 40 heavy (non-hydrogen) atoms. The van der Waals surface area contributed by atoms with Gasteiger partial charge in [0.1, 0.15) is 0 Å². The van der Waals surface area contributed by atoms with Crippen LogP contribution < -0.4 is 0 Å². The number of hydrogen-bond donors (Lipinski definition) is 0. The maximum Gasteiger partial charge on any atom is 0.0143 e. The molecule has 0 amide bonds. The fraction of sp³-hybridized carbons (Fsp3) is 0.250. The summed E-state index contributed by atoms with van der Waals surface area (Å²) in [6.45, 7) is 0. The van der Waals surface area contributed by atoms with E-state index >= 15 is 0 Å². The molecule has 0 heterocycles. The Balaban J connectivity index is 1.38. The highest BCUT2D eigenvalue weighted by Gasteiger charge is 2.41. The largest absolute Gasteiger partial charge is 0.0810 e. The van der Waals surface area contributed by atoms with Crippen LogP contribution in [0.1, 0.15) is 74.0 Å². The number of hydrogen-bond acceptors (Lipinski definition) is 0.